The lowest BCUT2D eigenvalue weighted by molar-refractivity contribution is 0.0948. The van der Waals surface area contributed by atoms with Crippen LogP contribution in [-0.4, -0.2) is 24.4 Å². The van der Waals surface area contributed by atoms with Gasteiger partial charge in [-0.1, -0.05) is 32.0 Å². The van der Waals surface area contributed by atoms with Gasteiger partial charge in [0.05, 0.1) is 0 Å². The van der Waals surface area contributed by atoms with Crippen molar-refractivity contribution in [2.75, 3.05) is 11.4 Å². The van der Waals surface area contributed by atoms with Crippen LogP contribution in [0.2, 0.25) is 0 Å². The summed E-state index contributed by atoms with van der Waals surface area (Å²) in [5.41, 5.74) is 3.38. The van der Waals surface area contributed by atoms with E-state index in [0.29, 0.717) is 23.6 Å². The van der Waals surface area contributed by atoms with E-state index in [9.17, 15) is 9.59 Å². The van der Waals surface area contributed by atoms with Gasteiger partial charge in [-0.3, -0.25) is 9.59 Å². The zero-order chi connectivity index (χ0) is 18.7. The molecule has 4 heteroatoms. The van der Waals surface area contributed by atoms with Crippen molar-refractivity contribution in [2.45, 2.75) is 39.7 Å². The third kappa shape index (κ3) is 3.79. The number of para-hydroxylation sites is 1. The van der Waals surface area contributed by atoms with Crippen molar-refractivity contribution >= 4 is 17.5 Å². The number of hydrogen-bond acceptors (Lipinski definition) is 2. The molecule has 1 atom stereocenters. The molecule has 2 amide bonds. The molecule has 3 rings (SSSR count). The molecule has 0 fully saturated rings. The summed E-state index contributed by atoms with van der Waals surface area (Å²) in [6.07, 6.45) is 1.83. The zero-order valence-electron chi connectivity index (χ0n) is 15.7. The quantitative estimate of drug-likeness (QED) is 0.884. The Morgan fingerprint density at radius 2 is 1.73 bits per heavy atom. The molecular formula is C22H26N2O2. The number of amides is 2. The van der Waals surface area contributed by atoms with E-state index in [-0.39, 0.29) is 17.9 Å². The predicted octanol–water partition coefficient (Wildman–Crippen LogP) is 4.05. The average Bonchev–Trinajstić information content (AvgIpc) is 2.96. The van der Waals surface area contributed by atoms with Gasteiger partial charge in [0.1, 0.15) is 0 Å². The molecule has 136 valence electrons. The summed E-state index contributed by atoms with van der Waals surface area (Å²) >= 11 is 0. The van der Waals surface area contributed by atoms with Gasteiger partial charge < -0.3 is 10.2 Å². The fourth-order valence-electron chi connectivity index (χ4n) is 3.35. The van der Waals surface area contributed by atoms with Crippen molar-refractivity contribution in [1.82, 2.24) is 5.32 Å². The lowest BCUT2D eigenvalue weighted by atomic mass is 10.1. The molecule has 0 bridgehead atoms. The minimum atomic E-state index is -0.0930. The number of fused-ring (bicyclic) bond motifs is 1. The maximum atomic E-state index is 13.0. The first-order valence-corrected chi connectivity index (χ1v) is 9.27. The summed E-state index contributed by atoms with van der Waals surface area (Å²) in [7, 11) is 0. The molecule has 2 aromatic carbocycles. The molecule has 0 saturated heterocycles. The Balaban J connectivity index is 1.71. The van der Waals surface area contributed by atoms with E-state index in [0.717, 1.165) is 18.5 Å². The van der Waals surface area contributed by atoms with Crippen LogP contribution < -0.4 is 10.2 Å². The largest absolute Gasteiger partial charge is 0.352 e. The number of carbonyl (C=O) groups is 2. The average molecular weight is 350 g/mol. The summed E-state index contributed by atoms with van der Waals surface area (Å²) in [4.78, 5) is 27.0. The van der Waals surface area contributed by atoms with E-state index in [1.54, 1.807) is 24.3 Å². The Morgan fingerprint density at radius 1 is 1.08 bits per heavy atom. The van der Waals surface area contributed by atoms with Crippen molar-refractivity contribution in [3.05, 3.63) is 65.2 Å². The highest BCUT2D eigenvalue weighted by Crippen LogP contribution is 2.33. The SMILES string of the molecule is CC(C)CCNC(=O)c1ccc(C(=O)N2c3ccccc3CC2C)cc1. The van der Waals surface area contributed by atoms with E-state index >= 15 is 0 Å². The van der Waals surface area contributed by atoms with Gasteiger partial charge in [0.25, 0.3) is 11.8 Å². The normalized spacial score (nSPS) is 15.8. The van der Waals surface area contributed by atoms with Gasteiger partial charge in [0.2, 0.25) is 0 Å². The second-order valence-corrected chi connectivity index (χ2v) is 7.37. The van der Waals surface area contributed by atoms with Crippen LogP contribution in [0.1, 0.15) is 53.5 Å². The molecule has 26 heavy (non-hydrogen) atoms. The summed E-state index contributed by atoms with van der Waals surface area (Å²) in [5, 5.41) is 2.92. The number of carbonyl (C=O) groups excluding carboxylic acids is 2. The van der Waals surface area contributed by atoms with Crippen LogP contribution in [0.4, 0.5) is 5.69 Å². The smallest absolute Gasteiger partial charge is 0.258 e. The fourth-order valence-corrected chi connectivity index (χ4v) is 3.35. The molecule has 0 radical (unpaired) electrons. The summed E-state index contributed by atoms with van der Waals surface area (Å²) in [6.45, 7) is 6.99. The lowest BCUT2D eigenvalue weighted by Crippen LogP contribution is -2.35. The first-order valence-electron chi connectivity index (χ1n) is 9.27. The van der Waals surface area contributed by atoms with Gasteiger partial charge in [-0.15, -0.1) is 0 Å². The maximum Gasteiger partial charge on any atom is 0.258 e. The Labute approximate surface area is 155 Å². The topological polar surface area (TPSA) is 49.4 Å². The predicted molar refractivity (Wildman–Crippen MR) is 105 cm³/mol. The number of anilines is 1. The highest BCUT2D eigenvalue weighted by atomic mass is 16.2. The van der Waals surface area contributed by atoms with Crippen LogP contribution >= 0.6 is 0 Å². The van der Waals surface area contributed by atoms with Crippen LogP contribution in [0.3, 0.4) is 0 Å². The van der Waals surface area contributed by atoms with Gasteiger partial charge in [0.15, 0.2) is 0 Å². The molecule has 0 spiro atoms. The third-order valence-electron chi connectivity index (χ3n) is 4.83. The van der Waals surface area contributed by atoms with Crippen LogP contribution in [0.25, 0.3) is 0 Å². The van der Waals surface area contributed by atoms with E-state index in [4.69, 9.17) is 0 Å². The third-order valence-corrected chi connectivity index (χ3v) is 4.83. The van der Waals surface area contributed by atoms with Crippen molar-refractivity contribution in [3.8, 4) is 0 Å². The highest BCUT2D eigenvalue weighted by molar-refractivity contribution is 6.08. The van der Waals surface area contributed by atoms with E-state index in [2.05, 4.69) is 32.2 Å². The van der Waals surface area contributed by atoms with Crippen molar-refractivity contribution in [3.63, 3.8) is 0 Å². The van der Waals surface area contributed by atoms with E-state index < -0.39 is 0 Å². The monoisotopic (exact) mass is 350 g/mol. The van der Waals surface area contributed by atoms with Crippen molar-refractivity contribution < 1.29 is 9.59 Å². The molecule has 0 saturated carbocycles. The van der Waals surface area contributed by atoms with Gasteiger partial charge in [0, 0.05) is 29.4 Å². The van der Waals surface area contributed by atoms with Crippen LogP contribution in [0, 0.1) is 5.92 Å². The minimum absolute atomic E-state index is 0.0192. The number of hydrogen-bond donors (Lipinski definition) is 1. The van der Waals surface area contributed by atoms with Crippen molar-refractivity contribution in [1.29, 1.82) is 0 Å². The van der Waals surface area contributed by atoms with Gasteiger partial charge >= 0.3 is 0 Å². The molecule has 1 unspecified atom stereocenters. The second-order valence-electron chi connectivity index (χ2n) is 7.37. The number of benzene rings is 2. The molecule has 1 aliphatic heterocycles. The summed E-state index contributed by atoms with van der Waals surface area (Å²) in [6, 6.07) is 15.1. The first kappa shape index (κ1) is 18.2. The molecule has 1 aliphatic rings. The molecule has 1 heterocycles. The van der Waals surface area contributed by atoms with E-state index in [1.165, 1.54) is 5.56 Å². The van der Waals surface area contributed by atoms with Gasteiger partial charge in [-0.25, -0.2) is 0 Å². The Bertz CT molecular complexity index is 796. The second kappa shape index (κ2) is 7.73. The van der Waals surface area contributed by atoms with Crippen molar-refractivity contribution in [2.24, 2.45) is 5.92 Å². The number of nitrogens with one attached hydrogen (secondary N) is 1. The maximum absolute atomic E-state index is 13.0. The Hall–Kier alpha value is -2.62. The van der Waals surface area contributed by atoms with Crippen LogP contribution in [0.15, 0.2) is 48.5 Å². The highest BCUT2D eigenvalue weighted by Gasteiger charge is 2.31. The first-order chi connectivity index (χ1) is 12.5. The Morgan fingerprint density at radius 3 is 2.42 bits per heavy atom. The zero-order valence-corrected chi connectivity index (χ0v) is 15.7. The standard InChI is InChI=1S/C22H26N2O2/c1-15(2)12-13-23-21(25)17-8-10-18(11-9-17)22(26)24-16(3)14-19-6-4-5-7-20(19)24/h4-11,15-16H,12-14H2,1-3H3,(H,23,25). The van der Waals surface area contributed by atoms with Gasteiger partial charge in [-0.05, 0) is 61.6 Å². The number of rotatable bonds is 5. The molecular weight excluding hydrogens is 324 g/mol. The van der Waals surface area contributed by atoms with E-state index in [1.807, 2.05) is 23.1 Å². The number of nitrogens with zero attached hydrogens (tertiary/aromatic N) is 1. The summed E-state index contributed by atoms with van der Waals surface area (Å²) in [5.74, 6) is 0.444. The molecule has 2 aromatic rings. The fraction of sp³-hybridized carbons (Fsp3) is 0.364. The lowest BCUT2D eigenvalue weighted by Gasteiger charge is -2.23. The minimum Gasteiger partial charge on any atom is -0.352 e. The Kier molecular flexibility index (Phi) is 5.40. The van der Waals surface area contributed by atoms with Gasteiger partial charge in [-0.2, -0.15) is 0 Å². The molecule has 0 aliphatic carbocycles. The molecule has 4 nitrogen and oxygen atoms in total. The molecule has 1 N–H and O–H groups in total. The van der Waals surface area contributed by atoms with Crippen LogP contribution in [0.5, 0.6) is 0 Å². The molecule has 0 aromatic heterocycles. The van der Waals surface area contributed by atoms with Crippen LogP contribution in [-0.2, 0) is 6.42 Å². The summed E-state index contributed by atoms with van der Waals surface area (Å²) < 4.78 is 0.